The first-order valence-corrected chi connectivity index (χ1v) is 7.95. The SMILES string of the molecule is COc1cc(OC)cc(C(=O)NNC(=O)COc2cc(C)ccc2C)c1. The molecule has 0 radical (unpaired) electrons. The largest absolute Gasteiger partial charge is 0.497 e. The second-order valence-electron chi connectivity index (χ2n) is 5.66. The van der Waals surface area contributed by atoms with Gasteiger partial charge in [0.2, 0.25) is 0 Å². The van der Waals surface area contributed by atoms with Gasteiger partial charge < -0.3 is 14.2 Å². The Kier molecular flexibility index (Phi) is 6.43. The number of hydrogen-bond donors (Lipinski definition) is 2. The monoisotopic (exact) mass is 358 g/mol. The Morgan fingerprint density at radius 1 is 0.923 bits per heavy atom. The third-order valence-corrected chi connectivity index (χ3v) is 3.63. The molecule has 26 heavy (non-hydrogen) atoms. The lowest BCUT2D eigenvalue weighted by Gasteiger charge is -2.12. The van der Waals surface area contributed by atoms with Crippen LogP contribution in [0.5, 0.6) is 17.2 Å². The van der Waals surface area contributed by atoms with Crippen molar-refractivity contribution in [1.29, 1.82) is 0 Å². The van der Waals surface area contributed by atoms with Crippen molar-refractivity contribution in [2.75, 3.05) is 20.8 Å². The summed E-state index contributed by atoms with van der Waals surface area (Å²) in [6, 6.07) is 10.5. The maximum absolute atomic E-state index is 12.2. The molecule has 0 saturated carbocycles. The fourth-order valence-corrected chi connectivity index (χ4v) is 2.18. The maximum atomic E-state index is 12.2. The van der Waals surface area contributed by atoms with Crippen LogP contribution in [-0.2, 0) is 4.79 Å². The predicted molar refractivity (Wildman–Crippen MR) is 96.6 cm³/mol. The highest BCUT2D eigenvalue weighted by molar-refractivity contribution is 5.96. The molecule has 0 aromatic heterocycles. The number of carbonyl (C=O) groups is 2. The molecule has 138 valence electrons. The normalized spacial score (nSPS) is 10.0. The van der Waals surface area contributed by atoms with Crippen LogP contribution >= 0.6 is 0 Å². The van der Waals surface area contributed by atoms with Gasteiger partial charge in [0.05, 0.1) is 14.2 Å². The first-order valence-electron chi connectivity index (χ1n) is 7.95. The Balaban J connectivity index is 1.90. The summed E-state index contributed by atoms with van der Waals surface area (Å²) in [5.41, 5.74) is 6.90. The first-order chi connectivity index (χ1) is 12.4. The van der Waals surface area contributed by atoms with E-state index in [0.29, 0.717) is 17.2 Å². The molecule has 0 heterocycles. The smallest absolute Gasteiger partial charge is 0.276 e. The molecule has 0 saturated heterocycles. The van der Waals surface area contributed by atoms with E-state index in [2.05, 4.69) is 10.9 Å². The molecule has 2 aromatic rings. The van der Waals surface area contributed by atoms with Gasteiger partial charge in [0.25, 0.3) is 11.8 Å². The van der Waals surface area contributed by atoms with Crippen LogP contribution in [0.15, 0.2) is 36.4 Å². The number of carbonyl (C=O) groups excluding carboxylic acids is 2. The highest BCUT2D eigenvalue weighted by Crippen LogP contribution is 2.22. The molecule has 2 aromatic carbocycles. The van der Waals surface area contributed by atoms with Crippen LogP contribution in [0.4, 0.5) is 0 Å². The lowest BCUT2D eigenvalue weighted by Crippen LogP contribution is -2.43. The molecule has 0 bridgehead atoms. The van der Waals surface area contributed by atoms with Gasteiger partial charge >= 0.3 is 0 Å². The zero-order chi connectivity index (χ0) is 19.1. The fourth-order valence-electron chi connectivity index (χ4n) is 2.18. The Bertz CT molecular complexity index is 782. The molecule has 2 N–H and O–H groups in total. The zero-order valence-corrected chi connectivity index (χ0v) is 15.2. The van der Waals surface area contributed by atoms with E-state index in [9.17, 15) is 9.59 Å². The molecule has 7 nitrogen and oxygen atoms in total. The summed E-state index contributed by atoms with van der Waals surface area (Å²) in [5.74, 6) is 0.596. The van der Waals surface area contributed by atoms with Gasteiger partial charge in [0.1, 0.15) is 17.2 Å². The Morgan fingerprint density at radius 2 is 1.58 bits per heavy atom. The summed E-state index contributed by atoms with van der Waals surface area (Å²) < 4.78 is 15.7. The van der Waals surface area contributed by atoms with E-state index in [1.165, 1.54) is 26.4 Å². The van der Waals surface area contributed by atoms with Crippen LogP contribution in [0.3, 0.4) is 0 Å². The van der Waals surface area contributed by atoms with Crippen LogP contribution in [-0.4, -0.2) is 32.6 Å². The van der Waals surface area contributed by atoms with E-state index in [-0.39, 0.29) is 12.2 Å². The molecular formula is C19H22N2O5. The molecule has 0 aliphatic heterocycles. The summed E-state index contributed by atoms with van der Waals surface area (Å²) in [6.07, 6.45) is 0. The number of rotatable bonds is 6. The van der Waals surface area contributed by atoms with Crippen molar-refractivity contribution < 1.29 is 23.8 Å². The number of nitrogens with one attached hydrogen (secondary N) is 2. The summed E-state index contributed by atoms with van der Waals surface area (Å²) in [4.78, 5) is 24.1. The fraction of sp³-hybridized carbons (Fsp3) is 0.263. The topological polar surface area (TPSA) is 85.9 Å². The molecule has 2 rings (SSSR count). The van der Waals surface area contributed by atoms with E-state index in [1.807, 2.05) is 32.0 Å². The minimum absolute atomic E-state index is 0.216. The first kappa shape index (κ1) is 19.1. The Labute approximate surface area is 152 Å². The van der Waals surface area contributed by atoms with Gasteiger partial charge in [-0.2, -0.15) is 0 Å². The molecule has 0 unspecified atom stereocenters. The van der Waals surface area contributed by atoms with Crippen LogP contribution in [0.1, 0.15) is 21.5 Å². The van der Waals surface area contributed by atoms with Gasteiger partial charge in [0, 0.05) is 11.6 Å². The van der Waals surface area contributed by atoms with Gasteiger partial charge in [-0.05, 0) is 43.2 Å². The molecule has 7 heteroatoms. The summed E-state index contributed by atoms with van der Waals surface area (Å²) in [5, 5.41) is 0. The molecular weight excluding hydrogens is 336 g/mol. The summed E-state index contributed by atoms with van der Waals surface area (Å²) >= 11 is 0. The van der Waals surface area contributed by atoms with Gasteiger partial charge in [-0.15, -0.1) is 0 Å². The van der Waals surface area contributed by atoms with Gasteiger partial charge in [0.15, 0.2) is 6.61 Å². The lowest BCUT2D eigenvalue weighted by molar-refractivity contribution is -0.123. The van der Waals surface area contributed by atoms with Gasteiger partial charge in [-0.1, -0.05) is 12.1 Å². The minimum atomic E-state index is -0.498. The number of amides is 2. The standard InChI is InChI=1S/C19H22N2O5/c1-12-5-6-13(2)17(7-12)26-11-18(22)20-21-19(23)14-8-15(24-3)10-16(9-14)25-4/h5-10H,11H2,1-4H3,(H,20,22)(H,21,23). The number of benzene rings is 2. The third-order valence-electron chi connectivity index (χ3n) is 3.63. The van der Waals surface area contributed by atoms with E-state index in [0.717, 1.165) is 11.1 Å². The minimum Gasteiger partial charge on any atom is -0.497 e. The number of hydrogen-bond acceptors (Lipinski definition) is 5. The number of hydrazine groups is 1. The van der Waals surface area contributed by atoms with Crippen LogP contribution in [0.25, 0.3) is 0 Å². The van der Waals surface area contributed by atoms with Crippen molar-refractivity contribution in [2.24, 2.45) is 0 Å². The molecule has 0 aliphatic carbocycles. The van der Waals surface area contributed by atoms with Crippen molar-refractivity contribution in [2.45, 2.75) is 13.8 Å². The highest BCUT2D eigenvalue weighted by Gasteiger charge is 2.11. The maximum Gasteiger partial charge on any atom is 0.276 e. The Morgan fingerprint density at radius 3 is 2.19 bits per heavy atom. The molecule has 2 amide bonds. The van der Waals surface area contributed by atoms with E-state index < -0.39 is 11.8 Å². The molecule has 0 spiro atoms. The number of ether oxygens (including phenoxy) is 3. The van der Waals surface area contributed by atoms with Crippen LogP contribution in [0.2, 0.25) is 0 Å². The van der Waals surface area contributed by atoms with Crippen molar-refractivity contribution in [3.63, 3.8) is 0 Å². The second kappa shape index (κ2) is 8.75. The van der Waals surface area contributed by atoms with Crippen molar-refractivity contribution in [1.82, 2.24) is 10.9 Å². The second-order valence-corrected chi connectivity index (χ2v) is 5.66. The Hall–Kier alpha value is -3.22. The summed E-state index contributed by atoms with van der Waals surface area (Å²) in [6.45, 7) is 3.62. The van der Waals surface area contributed by atoms with E-state index >= 15 is 0 Å². The number of aryl methyl sites for hydroxylation is 2. The highest BCUT2D eigenvalue weighted by atomic mass is 16.5. The van der Waals surface area contributed by atoms with E-state index in [1.54, 1.807) is 6.07 Å². The molecule has 0 fully saturated rings. The average molecular weight is 358 g/mol. The zero-order valence-electron chi connectivity index (χ0n) is 15.2. The molecule has 0 atom stereocenters. The molecule has 0 aliphatic rings. The van der Waals surface area contributed by atoms with E-state index in [4.69, 9.17) is 14.2 Å². The van der Waals surface area contributed by atoms with Crippen LogP contribution in [0, 0.1) is 13.8 Å². The number of methoxy groups -OCH3 is 2. The third kappa shape index (κ3) is 5.14. The van der Waals surface area contributed by atoms with Crippen LogP contribution < -0.4 is 25.1 Å². The van der Waals surface area contributed by atoms with Gasteiger partial charge in [-0.3, -0.25) is 20.4 Å². The predicted octanol–water partition coefficient (Wildman–Crippen LogP) is 2.16. The van der Waals surface area contributed by atoms with Crippen molar-refractivity contribution >= 4 is 11.8 Å². The quantitative estimate of drug-likeness (QED) is 0.773. The van der Waals surface area contributed by atoms with Crippen molar-refractivity contribution in [3.05, 3.63) is 53.1 Å². The van der Waals surface area contributed by atoms with Gasteiger partial charge in [-0.25, -0.2) is 0 Å². The average Bonchev–Trinajstić information content (AvgIpc) is 2.66. The van der Waals surface area contributed by atoms with Crippen molar-refractivity contribution in [3.8, 4) is 17.2 Å². The lowest BCUT2D eigenvalue weighted by atomic mass is 10.1. The summed E-state index contributed by atoms with van der Waals surface area (Å²) in [7, 11) is 2.98.